The predicted molar refractivity (Wildman–Crippen MR) is 180 cm³/mol. The van der Waals surface area contributed by atoms with E-state index in [9.17, 15) is 14.4 Å². The monoisotopic (exact) mass is 629 g/mol. The Morgan fingerprint density at radius 1 is 0.936 bits per heavy atom. The Balaban J connectivity index is 0.927. The van der Waals surface area contributed by atoms with Gasteiger partial charge in [0.25, 0.3) is 11.8 Å². The first-order valence-corrected chi connectivity index (χ1v) is 16.5. The smallest absolute Gasteiger partial charge is 0.333 e. The summed E-state index contributed by atoms with van der Waals surface area (Å²) in [6.07, 6.45) is 14.6. The highest BCUT2D eigenvalue weighted by Crippen LogP contribution is 2.32. The van der Waals surface area contributed by atoms with E-state index >= 15 is 0 Å². The third-order valence-electron chi connectivity index (χ3n) is 8.93. The summed E-state index contributed by atoms with van der Waals surface area (Å²) in [5.74, 6) is 5.99. The van der Waals surface area contributed by atoms with E-state index in [2.05, 4.69) is 64.1 Å². The lowest BCUT2D eigenvalue weighted by atomic mass is 10.1. The molecule has 0 bridgehead atoms. The molecule has 0 saturated carbocycles. The van der Waals surface area contributed by atoms with Gasteiger partial charge in [0, 0.05) is 79.6 Å². The highest BCUT2D eigenvalue weighted by atomic mass is 16.7. The molecule has 240 valence electrons. The summed E-state index contributed by atoms with van der Waals surface area (Å²) in [7, 11) is 2.16. The second-order valence-corrected chi connectivity index (χ2v) is 12.3. The van der Waals surface area contributed by atoms with E-state index in [0.29, 0.717) is 23.4 Å². The number of carbonyl (C=O) groups is 3. The van der Waals surface area contributed by atoms with Crippen LogP contribution in [0.5, 0.6) is 0 Å². The fourth-order valence-corrected chi connectivity index (χ4v) is 6.28. The number of rotatable bonds is 12. The summed E-state index contributed by atoms with van der Waals surface area (Å²) >= 11 is 0. The zero-order valence-corrected chi connectivity index (χ0v) is 26.8. The van der Waals surface area contributed by atoms with Gasteiger partial charge in [-0.2, -0.15) is 0 Å². The van der Waals surface area contributed by atoms with Crippen LogP contribution in [0.3, 0.4) is 0 Å². The normalized spacial score (nSPS) is 15.4. The fourth-order valence-electron chi connectivity index (χ4n) is 6.28. The minimum absolute atomic E-state index is 0.113. The molecule has 2 aromatic carbocycles. The molecule has 1 atom stereocenters. The molecule has 1 aliphatic carbocycles. The maximum atomic E-state index is 11.9. The molecule has 47 heavy (non-hydrogen) atoms. The van der Waals surface area contributed by atoms with Crippen molar-refractivity contribution in [2.45, 2.75) is 83.1 Å². The molecule has 1 saturated heterocycles. The van der Waals surface area contributed by atoms with Gasteiger partial charge in [-0.15, -0.1) is 5.06 Å². The Bertz CT molecular complexity index is 1810. The number of aromatic nitrogens is 3. The molecule has 0 radical (unpaired) electrons. The number of pyridine rings is 1. The summed E-state index contributed by atoms with van der Waals surface area (Å²) in [5.41, 5.74) is 6.78. The first-order valence-electron chi connectivity index (χ1n) is 16.5. The number of amides is 2. The number of anilines is 1. The van der Waals surface area contributed by atoms with E-state index in [4.69, 9.17) is 9.82 Å². The van der Waals surface area contributed by atoms with Crippen molar-refractivity contribution >= 4 is 34.4 Å². The molecule has 2 aliphatic rings. The quantitative estimate of drug-likeness (QED) is 0.101. The van der Waals surface area contributed by atoms with Crippen LogP contribution in [0, 0.1) is 11.8 Å². The Hall–Kier alpha value is -5.10. The van der Waals surface area contributed by atoms with Gasteiger partial charge in [-0.05, 0) is 73.2 Å². The van der Waals surface area contributed by atoms with Crippen molar-refractivity contribution < 1.29 is 19.2 Å². The Morgan fingerprint density at radius 2 is 1.72 bits per heavy atom. The Kier molecular flexibility index (Phi) is 10.2. The third kappa shape index (κ3) is 7.83. The maximum absolute atomic E-state index is 11.9. The second-order valence-electron chi connectivity index (χ2n) is 12.3. The van der Waals surface area contributed by atoms with Gasteiger partial charge in [0.15, 0.2) is 5.82 Å². The number of unbranched alkanes of at least 4 members (excludes halogenated alkanes) is 6. The largest absolute Gasteiger partial charge is 0.370 e. The maximum Gasteiger partial charge on any atom is 0.333 e. The number of carbonyl (C=O) groups excluding carboxylic acids is 3. The summed E-state index contributed by atoms with van der Waals surface area (Å²) in [6.45, 7) is 0. The minimum Gasteiger partial charge on any atom is -0.370 e. The van der Waals surface area contributed by atoms with Gasteiger partial charge in [0.05, 0.1) is 5.52 Å². The number of benzene rings is 2. The van der Waals surface area contributed by atoms with E-state index in [1.54, 1.807) is 12.4 Å². The SMILES string of the molecule is CN(c1cccc2nc(-c3cccnc3)ncc12)C1Cc2ccc(C#CCCCCCCCCC(=O)ON3C(=O)CCC3=O)cc2C1. The lowest BCUT2D eigenvalue weighted by Gasteiger charge is -2.27. The van der Waals surface area contributed by atoms with Crippen molar-refractivity contribution in [3.05, 3.63) is 83.8 Å². The van der Waals surface area contributed by atoms with Crippen molar-refractivity contribution in [3.63, 3.8) is 0 Å². The van der Waals surface area contributed by atoms with Crippen LogP contribution in [0.4, 0.5) is 5.69 Å². The number of imide groups is 1. The third-order valence-corrected chi connectivity index (χ3v) is 8.93. The van der Waals surface area contributed by atoms with Crippen molar-refractivity contribution in [2.75, 3.05) is 11.9 Å². The van der Waals surface area contributed by atoms with Crippen LogP contribution < -0.4 is 4.90 Å². The van der Waals surface area contributed by atoms with E-state index in [1.807, 2.05) is 24.4 Å². The molecule has 3 heterocycles. The molecule has 9 nitrogen and oxygen atoms in total. The lowest BCUT2D eigenvalue weighted by molar-refractivity contribution is -0.197. The zero-order valence-electron chi connectivity index (χ0n) is 26.8. The topological polar surface area (TPSA) is 106 Å². The summed E-state index contributed by atoms with van der Waals surface area (Å²) in [5, 5.41) is 1.66. The van der Waals surface area contributed by atoms with Crippen LogP contribution in [-0.4, -0.2) is 50.9 Å². The van der Waals surface area contributed by atoms with Crippen LogP contribution in [0.1, 0.15) is 80.9 Å². The molecule has 9 heteroatoms. The van der Waals surface area contributed by atoms with E-state index < -0.39 is 17.8 Å². The highest BCUT2D eigenvalue weighted by molar-refractivity contribution is 6.01. The summed E-state index contributed by atoms with van der Waals surface area (Å²) in [4.78, 5) is 55.9. The molecule has 1 aliphatic heterocycles. The number of nitrogens with zero attached hydrogens (tertiary/aromatic N) is 5. The van der Waals surface area contributed by atoms with E-state index in [0.717, 1.165) is 79.1 Å². The van der Waals surface area contributed by atoms with Crippen LogP contribution in [0.25, 0.3) is 22.3 Å². The van der Waals surface area contributed by atoms with E-state index in [-0.39, 0.29) is 19.3 Å². The van der Waals surface area contributed by atoms with Gasteiger partial charge < -0.3 is 9.74 Å². The molecule has 1 unspecified atom stereocenters. The van der Waals surface area contributed by atoms with Crippen molar-refractivity contribution in [2.24, 2.45) is 0 Å². The number of likely N-dealkylation sites (N-methyl/N-ethyl adjacent to an activating group) is 1. The number of hydrogen-bond donors (Lipinski definition) is 0. The molecule has 4 aromatic rings. The molecule has 2 aromatic heterocycles. The molecule has 0 N–H and O–H groups in total. The molecule has 2 amide bonds. The Morgan fingerprint density at radius 3 is 2.53 bits per heavy atom. The first-order chi connectivity index (χ1) is 23.0. The first kappa shape index (κ1) is 31.9. The molecule has 1 fully saturated rings. The van der Waals surface area contributed by atoms with Crippen LogP contribution in [-0.2, 0) is 32.1 Å². The predicted octanol–water partition coefficient (Wildman–Crippen LogP) is 6.37. The summed E-state index contributed by atoms with van der Waals surface area (Å²) < 4.78 is 0. The zero-order chi connectivity index (χ0) is 32.6. The van der Waals surface area contributed by atoms with Gasteiger partial charge in [0.1, 0.15) is 0 Å². The average molecular weight is 630 g/mol. The standard InChI is InChI=1S/C38H39N5O4/c1-42(34-15-10-14-33-32(34)26-40-38(41-33)29-13-11-21-39-25-29)31-23-28-18-17-27(22-30(28)24-31)12-8-6-4-2-3-5-7-9-16-37(46)47-43-35(44)19-20-36(43)45/h10-11,13-15,17-18,21-22,25-26,31H,2-7,9,16,19-20,23-24H2,1H3. The number of fused-ring (bicyclic) bond motifs is 2. The van der Waals surface area contributed by atoms with Gasteiger partial charge in [0.2, 0.25) is 0 Å². The number of hydrogen-bond acceptors (Lipinski definition) is 8. The molecular formula is C38H39N5O4. The van der Waals surface area contributed by atoms with Gasteiger partial charge in [-0.1, -0.05) is 49.7 Å². The number of hydroxylamine groups is 2. The second kappa shape index (κ2) is 15.0. The molecule has 0 spiro atoms. The average Bonchev–Trinajstić information content (AvgIpc) is 3.67. The summed E-state index contributed by atoms with van der Waals surface area (Å²) in [6, 6.07) is 17.1. The van der Waals surface area contributed by atoms with Crippen LogP contribution in [0.15, 0.2) is 67.1 Å². The van der Waals surface area contributed by atoms with E-state index in [1.165, 1.54) is 11.1 Å². The molecular weight excluding hydrogens is 590 g/mol. The van der Waals surface area contributed by atoms with Crippen LogP contribution >= 0.6 is 0 Å². The van der Waals surface area contributed by atoms with Gasteiger partial charge in [-0.3, -0.25) is 14.6 Å². The van der Waals surface area contributed by atoms with Crippen molar-refractivity contribution in [3.8, 4) is 23.2 Å². The highest BCUT2D eigenvalue weighted by Gasteiger charge is 2.32. The van der Waals surface area contributed by atoms with Crippen LogP contribution in [0.2, 0.25) is 0 Å². The minimum atomic E-state index is -0.519. The van der Waals surface area contributed by atoms with Crippen molar-refractivity contribution in [1.82, 2.24) is 20.0 Å². The van der Waals surface area contributed by atoms with Crippen molar-refractivity contribution in [1.29, 1.82) is 0 Å². The fraction of sp³-hybridized carbons (Fsp3) is 0.368. The van der Waals surface area contributed by atoms with Gasteiger partial charge >= 0.3 is 5.97 Å². The lowest BCUT2D eigenvalue weighted by Crippen LogP contribution is -2.32. The Labute approximate surface area is 275 Å². The molecule has 6 rings (SSSR count). The van der Waals surface area contributed by atoms with Gasteiger partial charge in [-0.25, -0.2) is 14.8 Å².